The summed E-state index contributed by atoms with van der Waals surface area (Å²) in [6, 6.07) is 20.9. The lowest BCUT2D eigenvalue weighted by Crippen LogP contribution is -2.00. The van der Waals surface area contributed by atoms with E-state index in [1.54, 1.807) is 12.1 Å². The summed E-state index contributed by atoms with van der Waals surface area (Å²) in [5.41, 5.74) is 4.38. The molecule has 1 heterocycles. The molecule has 4 rings (SSSR count). The van der Waals surface area contributed by atoms with Gasteiger partial charge in [-0.1, -0.05) is 42.0 Å². The number of aryl methyl sites for hydroxylation is 1. The number of nitrogens with zero attached hydrogens (tertiary/aromatic N) is 1. The van der Waals surface area contributed by atoms with Gasteiger partial charge in [0.25, 0.3) is 0 Å². The number of alkyl halides is 1. The van der Waals surface area contributed by atoms with Crippen LogP contribution in [0.3, 0.4) is 0 Å². The Balaban J connectivity index is 1.55. The first-order valence-corrected chi connectivity index (χ1v) is 9.74. The second-order valence-corrected chi connectivity index (χ2v) is 7.36. The van der Waals surface area contributed by atoms with E-state index in [1.807, 2.05) is 67.7 Å². The Hall–Kier alpha value is -3.60. The summed E-state index contributed by atoms with van der Waals surface area (Å²) in [6.45, 7) is 1.96. The molecule has 0 aliphatic rings. The van der Waals surface area contributed by atoms with Crippen LogP contribution in [0.2, 0.25) is 0 Å². The molecule has 0 aliphatic heterocycles. The molecular weight excluding hydrogens is 381 g/mol. The monoisotopic (exact) mass is 403 g/mol. The number of hydrogen-bond donors (Lipinski definition) is 1. The van der Waals surface area contributed by atoms with E-state index in [0.717, 1.165) is 27.6 Å². The first kappa shape index (κ1) is 19.7. The fraction of sp³-hybridized carbons (Fsp3) is 0.160. The number of halogens is 1. The van der Waals surface area contributed by atoms with Crippen LogP contribution in [0.1, 0.15) is 22.3 Å². The first-order valence-electron chi connectivity index (χ1n) is 9.74. The Labute approximate surface area is 174 Å². The molecule has 0 radical (unpaired) electrons. The van der Waals surface area contributed by atoms with E-state index in [-0.39, 0.29) is 6.42 Å². The maximum Gasteiger partial charge on any atom is 0.307 e. The predicted molar refractivity (Wildman–Crippen MR) is 115 cm³/mol. The van der Waals surface area contributed by atoms with Crippen molar-refractivity contribution in [2.24, 2.45) is 0 Å². The fourth-order valence-corrected chi connectivity index (χ4v) is 3.66. The molecule has 152 valence electrons. The number of rotatable bonds is 7. The summed E-state index contributed by atoms with van der Waals surface area (Å²) in [5, 5.41) is 10.1. The van der Waals surface area contributed by atoms with Crippen LogP contribution >= 0.6 is 0 Å². The summed E-state index contributed by atoms with van der Waals surface area (Å²) >= 11 is 0. The first-order chi connectivity index (χ1) is 14.5. The van der Waals surface area contributed by atoms with Crippen molar-refractivity contribution in [2.75, 3.05) is 0 Å². The summed E-state index contributed by atoms with van der Waals surface area (Å²) in [4.78, 5) is 11.2. The lowest BCUT2D eigenvalue weighted by molar-refractivity contribution is -0.136. The summed E-state index contributed by atoms with van der Waals surface area (Å²) in [7, 11) is 0. The molecule has 30 heavy (non-hydrogen) atoms. The molecule has 0 atom stereocenters. The van der Waals surface area contributed by atoms with Gasteiger partial charge in [0.1, 0.15) is 18.2 Å². The van der Waals surface area contributed by atoms with Gasteiger partial charge in [-0.05, 0) is 48.4 Å². The van der Waals surface area contributed by atoms with Crippen LogP contribution in [0.15, 0.2) is 72.9 Å². The Kier molecular flexibility index (Phi) is 5.53. The molecule has 0 saturated carbocycles. The number of benzene rings is 3. The molecule has 1 aromatic heterocycles. The van der Waals surface area contributed by atoms with Gasteiger partial charge in [-0.25, -0.2) is 4.39 Å². The van der Waals surface area contributed by atoms with E-state index in [2.05, 4.69) is 4.57 Å². The standard InChI is InChI=1S/C25H22FNO3/c1-17-6-11-24(19(12-17)14-26)30-21-9-7-18(8-10-21)15-27-16-20(13-25(28)29)22-4-2-3-5-23(22)27/h2-12,16H,13-15H2,1H3,(H,28,29). The van der Waals surface area contributed by atoms with Gasteiger partial charge in [0.15, 0.2) is 0 Å². The molecule has 0 spiro atoms. The van der Waals surface area contributed by atoms with Crippen LogP contribution in [0, 0.1) is 6.92 Å². The van der Waals surface area contributed by atoms with Crippen LogP contribution in [-0.2, 0) is 24.4 Å². The highest BCUT2D eigenvalue weighted by atomic mass is 19.1. The normalized spacial score (nSPS) is 11.0. The minimum Gasteiger partial charge on any atom is -0.481 e. The molecule has 0 unspecified atom stereocenters. The van der Waals surface area contributed by atoms with Gasteiger partial charge in [-0.15, -0.1) is 0 Å². The Bertz CT molecular complexity index is 1190. The van der Waals surface area contributed by atoms with E-state index < -0.39 is 12.6 Å². The van der Waals surface area contributed by atoms with Gasteiger partial charge >= 0.3 is 5.97 Å². The van der Waals surface area contributed by atoms with Gasteiger partial charge < -0.3 is 14.4 Å². The van der Waals surface area contributed by atoms with Gasteiger partial charge in [0.05, 0.1) is 6.42 Å². The van der Waals surface area contributed by atoms with Crippen molar-refractivity contribution in [3.8, 4) is 11.5 Å². The van der Waals surface area contributed by atoms with E-state index in [4.69, 9.17) is 4.74 Å². The van der Waals surface area contributed by atoms with E-state index >= 15 is 0 Å². The molecule has 1 N–H and O–H groups in total. The second-order valence-electron chi connectivity index (χ2n) is 7.36. The zero-order valence-electron chi connectivity index (χ0n) is 16.6. The Morgan fingerprint density at radius 1 is 1.03 bits per heavy atom. The Morgan fingerprint density at radius 2 is 1.80 bits per heavy atom. The van der Waals surface area contributed by atoms with Gasteiger partial charge in [0, 0.05) is 29.2 Å². The molecule has 5 heteroatoms. The quantitative estimate of drug-likeness (QED) is 0.419. The van der Waals surface area contributed by atoms with E-state index in [9.17, 15) is 14.3 Å². The van der Waals surface area contributed by atoms with Crippen molar-refractivity contribution in [3.05, 3.63) is 95.2 Å². The highest BCUT2D eigenvalue weighted by Crippen LogP contribution is 2.28. The van der Waals surface area contributed by atoms with Crippen LogP contribution in [-0.4, -0.2) is 15.6 Å². The zero-order valence-corrected chi connectivity index (χ0v) is 16.6. The number of aromatic nitrogens is 1. The highest BCUT2D eigenvalue weighted by molar-refractivity contribution is 5.87. The third-order valence-electron chi connectivity index (χ3n) is 5.08. The zero-order chi connectivity index (χ0) is 21.1. The van der Waals surface area contributed by atoms with Crippen molar-refractivity contribution in [1.82, 2.24) is 4.57 Å². The topological polar surface area (TPSA) is 51.5 Å². The van der Waals surface area contributed by atoms with Gasteiger partial charge in [0.2, 0.25) is 0 Å². The van der Waals surface area contributed by atoms with Crippen molar-refractivity contribution in [1.29, 1.82) is 0 Å². The van der Waals surface area contributed by atoms with Crippen molar-refractivity contribution in [3.63, 3.8) is 0 Å². The average Bonchev–Trinajstić information content (AvgIpc) is 3.07. The lowest BCUT2D eigenvalue weighted by Gasteiger charge is -2.11. The number of carbonyl (C=O) groups is 1. The number of carboxylic acid groups (broad SMARTS) is 1. The predicted octanol–water partition coefficient (Wildman–Crippen LogP) is 5.89. The van der Waals surface area contributed by atoms with Crippen LogP contribution in [0.25, 0.3) is 10.9 Å². The summed E-state index contributed by atoms with van der Waals surface area (Å²) in [6.07, 6.45) is 1.90. The molecular formula is C25H22FNO3. The SMILES string of the molecule is Cc1ccc(Oc2ccc(Cn3cc(CC(=O)O)c4ccccc43)cc2)c(CF)c1. The van der Waals surface area contributed by atoms with Crippen LogP contribution < -0.4 is 4.74 Å². The minimum atomic E-state index is -0.844. The average molecular weight is 403 g/mol. The molecule has 0 amide bonds. The van der Waals surface area contributed by atoms with Gasteiger partial charge in [-0.3, -0.25) is 4.79 Å². The lowest BCUT2D eigenvalue weighted by atomic mass is 10.1. The number of hydrogen-bond acceptors (Lipinski definition) is 2. The maximum absolute atomic E-state index is 13.3. The van der Waals surface area contributed by atoms with E-state index in [0.29, 0.717) is 23.6 Å². The second kappa shape index (κ2) is 8.41. The smallest absolute Gasteiger partial charge is 0.307 e. The minimum absolute atomic E-state index is 0.00620. The maximum atomic E-state index is 13.3. The third-order valence-corrected chi connectivity index (χ3v) is 5.08. The molecule has 0 bridgehead atoms. The number of ether oxygens (including phenoxy) is 1. The number of carboxylic acids is 1. The molecule has 0 aliphatic carbocycles. The molecule has 4 nitrogen and oxygen atoms in total. The number of para-hydroxylation sites is 1. The largest absolute Gasteiger partial charge is 0.481 e. The summed E-state index contributed by atoms with van der Waals surface area (Å²) in [5.74, 6) is 0.315. The third kappa shape index (κ3) is 4.20. The van der Waals surface area contributed by atoms with Crippen LogP contribution in [0.5, 0.6) is 11.5 Å². The molecule has 3 aromatic carbocycles. The van der Waals surface area contributed by atoms with Gasteiger partial charge in [-0.2, -0.15) is 0 Å². The Morgan fingerprint density at radius 3 is 2.53 bits per heavy atom. The summed E-state index contributed by atoms with van der Waals surface area (Å²) < 4.78 is 21.2. The fourth-order valence-electron chi connectivity index (χ4n) is 3.66. The van der Waals surface area contributed by atoms with E-state index in [1.165, 1.54) is 0 Å². The van der Waals surface area contributed by atoms with Crippen molar-refractivity contribution in [2.45, 2.75) is 26.6 Å². The van der Waals surface area contributed by atoms with Crippen molar-refractivity contribution >= 4 is 16.9 Å². The number of fused-ring (bicyclic) bond motifs is 1. The van der Waals surface area contributed by atoms with Crippen LogP contribution in [0.4, 0.5) is 4.39 Å². The molecule has 0 saturated heterocycles. The number of aliphatic carboxylic acids is 1. The van der Waals surface area contributed by atoms with Crippen molar-refractivity contribution < 1.29 is 19.0 Å². The molecule has 0 fully saturated rings. The highest BCUT2D eigenvalue weighted by Gasteiger charge is 2.11. The molecule has 4 aromatic rings.